The molecular formula is C22H24N4O4. The van der Waals surface area contributed by atoms with E-state index >= 15 is 0 Å². The van der Waals surface area contributed by atoms with E-state index in [2.05, 4.69) is 0 Å². The monoisotopic (exact) mass is 408 g/mol. The number of methoxy groups -OCH3 is 1. The molecule has 0 saturated carbocycles. The van der Waals surface area contributed by atoms with Crippen LogP contribution in [0.4, 0.5) is 0 Å². The molecule has 8 heteroatoms. The van der Waals surface area contributed by atoms with E-state index in [0.29, 0.717) is 6.54 Å². The molecule has 2 heterocycles. The first-order valence-electron chi connectivity index (χ1n) is 9.51. The van der Waals surface area contributed by atoms with Crippen LogP contribution in [0.3, 0.4) is 0 Å². The first kappa shape index (κ1) is 21.1. The van der Waals surface area contributed by atoms with Crippen LogP contribution in [-0.4, -0.2) is 54.2 Å². The summed E-state index contributed by atoms with van der Waals surface area (Å²) in [7, 11) is 1.62. The maximum atomic E-state index is 12.9. The summed E-state index contributed by atoms with van der Waals surface area (Å²) in [5, 5.41) is 9.60. The second kappa shape index (κ2) is 8.84. The molecule has 1 aromatic carbocycles. The molecule has 2 aromatic rings. The predicted molar refractivity (Wildman–Crippen MR) is 111 cm³/mol. The Morgan fingerprint density at radius 2 is 2.00 bits per heavy atom. The Morgan fingerprint density at radius 3 is 2.60 bits per heavy atom. The standard InChI is InChI=1S/C22H24N4O4/c1-14-10-16(15(2)26(14)18-4-6-19(29-3)7-5-18)11-17(12-23)22(28)25-8-9-30-20(13-25)21(24)27/h4-7,10-11,20H,8-9,13H2,1-3H3,(H2,24,27)/b17-11-. The average Bonchev–Trinajstić information content (AvgIpc) is 3.04. The fourth-order valence-electron chi connectivity index (χ4n) is 3.54. The van der Waals surface area contributed by atoms with Crippen LogP contribution in [0, 0.1) is 25.2 Å². The number of nitrogens with zero attached hydrogens (tertiary/aromatic N) is 3. The summed E-state index contributed by atoms with van der Waals surface area (Å²) in [6.07, 6.45) is 0.724. The molecule has 2 N–H and O–H groups in total. The van der Waals surface area contributed by atoms with E-state index in [1.807, 2.05) is 54.8 Å². The molecular weight excluding hydrogens is 384 g/mol. The van der Waals surface area contributed by atoms with Crippen LogP contribution in [0.15, 0.2) is 35.9 Å². The van der Waals surface area contributed by atoms with Crippen molar-refractivity contribution < 1.29 is 19.1 Å². The van der Waals surface area contributed by atoms with Crippen LogP contribution in [-0.2, 0) is 14.3 Å². The Morgan fingerprint density at radius 1 is 1.30 bits per heavy atom. The van der Waals surface area contributed by atoms with Crippen molar-refractivity contribution in [3.05, 3.63) is 52.9 Å². The highest BCUT2D eigenvalue weighted by molar-refractivity contribution is 6.02. The molecule has 30 heavy (non-hydrogen) atoms. The zero-order chi connectivity index (χ0) is 21.8. The fourth-order valence-corrected chi connectivity index (χ4v) is 3.54. The fraction of sp³-hybridized carbons (Fsp3) is 0.318. The highest BCUT2D eigenvalue weighted by Crippen LogP contribution is 2.25. The average molecular weight is 408 g/mol. The minimum atomic E-state index is -0.859. The van der Waals surface area contributed by atoms with Gasteiger partial charge in [0.1, 0.15) is 17.4 Å². The Labute approximate surface area is 175 Å². The first-order valence-corrected chi connectivity index (χ1v) is 9.51. The Bertz CT molecular complexity index is 1030. The number of primary amides is 1. The zero-order valence-corrected chi connectivity index (χ0v) is 17.2. The van der Waals surface area contributed by atoms with E-state index in [-0.39, 0.29) is 18.7 Å². The van der Waals surface area contributed by atoms with Gasteiger partial charge >= 0.3 is 0 Å². The molecule has 1 fully saturated rings. The SMILES string of the molecule is COc1ccc(-n2c(C)cc(/C=C(/C#N)C(=O)N3CCOC(C(N)=O)C3)c2C)cc1. The van der Waals surface area contributed by atoms with E-state index in [1.165, 1.54) is 4.90 Å². The molecule has 0 spiro atoms. The molecule has 0 radical (unpaired) electrons. The molecule has 0 aliphatic carbocycles. The molecule has 3 rings (SSSR count). The summed E-state index contributed by atoms with van der Waals surface area (Å²) in [6.45, 7) is 4.43. The third kappa shape index (κ3) is 4.21. The highest BCUT2D eigenvalue weighted by Gasteiger charge is 2.29. The van der Waals surface area contributed by atoms with Gasteiger partial charge in [-0.25, -0.2) is 0 Å². The first-order chi connectivity index (χ1) is 14.3. The Hall–Kier alpha value is -3.57. The predicted octanol–water partition coefficient (Wildman–Crippen LogP) is 1.72. The summed E-state index contributed by atoms with van der Waals surface area (Å²) in [4.78, 5) is 25.7. The van der Waals surface area contributed by atoms with Crippen molar-refractivity contribution in [3.63, 3.8) is 0 Å². The van der Waals surface area contributed by atoms with Crippen molar-refractivity contribution in [1.29, 1.82) is 5.26 Å². The number of aromatic nitrogens is 1. The smallest absolute Gasteiger partial charge is 0.264 e. The molecule has 1 unspecified atom stereocenters. The van der Waals surface area contributed by atoms with Gasteiger partial charge in [0.15, 0.2) is 6.10 Å². The number of nitrogens with two attached hydrogens (primary N) is 1. The lowest BCUT2D eigenvalue weighted by Gasteiger charge is -2.31. The number of amides is 2. The second-order valence-electron chi connectivity index (χ2n) is 7.04. The number of aryl methyl sites for hydroxylation is 1. The van der Waals surface area contributed by atoms with E-state index in [9.17, 15) is 14.9 Å². The van der Waals surface area contributed by atoms with Gasteiger partial charge in [0.05, 0.1) is 20.3 Å². The van der Waals surface area contributed by atoms with E-state index in [1.54, 1.807) is 13.2 Å². The summed E-state index contributed by atoms with van der Waals surface area (Å²) in [6, 6.07) is 11.6. The van der Waals surface area contributed by atoms with Gasteiger partial charge in [-0.3, -0.25) is 9.59 Å². The van der Waals surface area contributed by atoms with Gasteiger partial charge in [0.25, 0.3) is 5.91 Å². The van der Waals surface area contributed by atoms with Gasteiger partial charge in [-0.15, -0.1) is 0 Å². The molecule has 1 aliphatic heterocycles. The molecule has 8 nitrogen and oxygen atoms in total. The Kier molecular flexibility index (Phi) is 6.23. The number of benzene rings is 1. The molecule has 1 aliphatic rings. The van der Waals surface area contributed by atoms with Crippen molar-refractivity contribution in [2.45, 2.75) is 20.0 Å². The molecule has 1 atom stereocenters. The second-order valence-corrected chi connectivity index (χ2v) is 7.04. The summed E-state index contributed by atoms with van der Waals surface area (Å²) in [5.41, 5.74) is 8.87. The van der Waals surface area contributed by atoms with Gasteiger partial charge in [0, 0.05) is 23.6 Å². The highest BCUT2D eigenvalue weighted by atomic mass is 16.5. The number of ether oxygens (including phenoxy) is 2. The quantitative estimate of drug-likeness (QED) is 0.598. The summed E-state index contributed by atoms with van der Waals surface area (Å²) in [5.74, 6) is -0.308. The number of hydrogen-bond donors (Lipinski definition) is 1. The van der Waals surface area contributed by atoms with Gasteiger partial charge in [-0.1, -0.05) is 0 Å². The van der Waals surface area contributed by atoms with Crippen molar-refractivity contribution >= 4 is 17.9 Å². The van der Waals surface area contributed by atoms with Crippen LogP contribution in [0.5, 0.6) is 5.75 Å². The zero-order valence-electron chi connectivity index (χ0n) is 17.2. The van der Waals surface area contributed by atoms with Gasteiger partial charge in [-0.05, 0) is 55.8 Å². The van der Waals surface area contributed by atoms with Crippen LogP contribution in [0.1, 0.15) is 17.0 Å². The third-order valence-corrected chi connectivity index (χ3v) is 5.12. The van der Waals surface area contributed by atoms with Crippen molar-refractivity contribution in [2.24, 2.45) is 5.73 Å². The lowest BCUT2D eigenvalue weighted by atomic mass is 10.1. The van der Waals surface area contributed by atoms with E-state index in [4.69, 9.17) is 15.2 Å². The van der Waals surface area contributed by atoms with Gasteiger partial charge < -0.3 is 24.7 Å². The van der Waals surface area contributed by atoms with Gasteiger partial charge in [-0.2, -0.15) is 5.26 Å². The van der Waals surface area contributed by atoms with Crippen molar-refractivity contribution in [1.82, 2.24) is 9.47 Å². The number of morpholine rings is 1. The normalized spacial score (nSPS) is 16.8. The molecule has 1 saturated heterocycles. The molecule has 156 valence electrons. The van der Waals surface area contributed by atoms with Crippen molar-refractivity contribution in [3.8, 4) is 17.5 Å². The minimum absolute atomic E-state index is 0.00454. The summed E-state index contributed by atoms with van der Waals surface area (Å²) >= 11 is 0. The molecule has 2 amide bonds. The maximum absolute atomic E-state index is 12.9. The van der Waals surface area contributed by atoms with Crippen LogP contribution < -0.4 is 10.5 Å². The molecule has 0 bridgehead atoms. The number of rotatable bonds is 5. The lowest BCUT2D eigenvalue weighted by Crippen LogP contribution is -2.50. The number of hydrogen-bond acceptors (Lipinski definition) is 5. The summed E-state index contributed by atoms with van der Waals surface area (Å²) < 4.78 is 12.5. The number of nitriles is 1. The third-order valence-electron chi connectivity index (χ3n) is 5.12. The largest absolute Gasteiger partial charge is 0.497 e. The van der Waals surface area contributed by atoms with Crippen LogP contribution in [0.2, 0.25) is 0 Å². The lowest BCUT2D eigenvalue weighted by molar-refractivity contribution is -0.142. The van der Waals surface area contributed by atoms with Crippen LogP contribution in [0.25, 0.3) is 11.8 Å². The van der Waals surface area contributed by atoms with E-state index in [0.717, 1.165) is 28.4 Å². The van der Waals surface area contributed by atoms with Crippen molar-refractivity contribution in [2.75, 3.05) is 26.8 Å². The maximum Gasteiger partial charge on any atom is 0.264 e. The number of carbonyl (C=O) groups is 2. The van der Waals surface area contributed by atoms with Crippen LogP contribution >= 0.6 is 0 Å². The van der Waals surface area contributed by atoms with Gasteiger partial charge in [0.2, 0.25) is 5.91 Å². The molecule has 1 aromatic heterocycles. The number of carbonyl (C=O) groups excluding carboxylic acids is 2. The van der Waals surface area contributed by atoms with E-state index < -0.39 is 17.9 Å². The topological polar surface area (TPSA) is 111 Å². The Balaban J connectivity index is 1.90. The minimum Gasteiger partial charge on any atom is -0.497 e.